The molecular formula is C15H18ClFN2. The fourth-order valence-electron chi connectivity index (χ4n) is 2.60. The highest BCUT2D eigenvalue weighted by Crippen LogP contribution is 2.34. The Morgan fingerprint density at radius 2 is 2.21 bits per heavy atom. The van der Waals surface area contributed by atoms with E-state index < -0.39 is 0 Å². The van der Waals surface area contributed by atoms with Gasteiger partial charge in [-0.1, -0.05) is 12.8 Å². The average Bonchev–Trinajstić information content (AvgIpc) is 3.15. The van der Waals surface area contributed by atoms with Gasteiger partial charge >= 0.3 is 0 Å². The van der Waals surface area contributed by atoms with Crippen LogP contribution in [0.4, 0.5) is 4.39 Å². The maximum atomic E-state index is 13.6. The van der Waals surface area contributed by atoms with E-state index in [9.17, 15) is 4.39 Å². The van der Waals surface area contributed by atoms with Crippen molar-refractivity contribution in [2.24, 2.45) is 5.92 Å². The highest BCUT2D eigenvalue weighted by atomic mass is 35.5. The lowest BCUT2D eigenvalue weighted by Gasteiger charge is -2.08. The Morgan fingerprint density at radius 1 is 1.42 bits per heavy atom. The Balaban J connectivity index is 1.91. The third-order valence-electron chi connectivity index (χ3n) is 3.92. The number of benzene rings is 1. The van der Waals surface area contributed by atoms with E-state index in [0.29, 0.717) is 17.0 Å². The molecule has 2 nitrogen and oxygen atoms in total. The second-order valence-electron chi connectivity index (χ2n) is 5.49. The van der Waals surface area contributed by atoms with Gasteiger partial charge in [0.25, 0.3) is 0 Å². The highest BCUT2D eigenvalue weighted by molar-refractivity contribution is 6.16. The zero-order chi connectivity index (χ0) is 13.4. The van der Waals surface area contributed by atoms with Crippen LogP contribution < -0.4 is 0 Å². The van der Waals surface area contributed by atoms with Gasteiger partial charge in [-0.2, -0.15) is 0 Å². The molecule has 2 aromatic rings. The van der Waals surface area contributed by atoms with Crippen molar-refractivity contribution in [1.29, 1.82) is 0 Å². The summed E-state index contributed by atoms with van der Waals surface area (Å²) in [6.07, 6.45) is 5.20. The molecule has 0 spiro atoms. The topological polar surface area (TPSA) is 17.8 Å². The molecule has 102 valence electrons. The Bertz CT molecular complexity index is 602. The fourth-order valence-corrected chi connectivity index (χ4v) is 2.80. The summed E-state index contributed by atoms with van der Waals surface area (Å²) in [6.45, 7) is 2.72. The summed E-state index contributed by atoms with van der Waals surface area (Å²) < 4.78 is 15.7. The van der Waals surface area contributed by atoms with E-state index in [-0.39, 0.29) is 5.82 Å². The molecule has 0 radical (unpaired) electrons. The van der Waals surface area contributed by atoms with Crippen molar-refractivity contribution in [3.05, 3.63) is 29.3 Å². The fraction of sp³-hybridized carbons (Fsp3) is 0.533. The number of halogens is 2. The molecule has 1 fully saturated rings. The van der Waals surface area contributed by atoms with Gasteiger partial charge in [0, 0.05) is 12.6 Å². The van der Waals surface area contributed by atoms with E-state index in [0.717, 1.165) is 30.2 Å². The van der Waals surface area contributed by atoms with Gasteiger partial charge in [-0.3, -0.25) is 0 Å². The van der Waals surface area contributed by atoms with Gasteiger partial charge in [-0.15, -0.1) is 11.6 Å². The molecule has 3 rings (SSSR count). The number of imidazole rings is 1. The largest absolute Gasteiger partial charge is 0.327 e. The van der Waals surface area contributed by atoms with Gasteiger partial charge < -0.3 is 4.57 Å². The second-order valence-corrected chi connectivity index (χ2v) is 5.76. The van der Waals surface area contributed by atoms with Crippen molar-refractivity contribution in [1.82, 2.24) is 9.55 Å². The number of hydrogen-bond acceptors (Lipinski definition) is 1. The van der Waals surface area contributed by atoms with Crippen molar-refractivity contribution < 1.29 is 4.39 Å². The molecule has 1 aliphatic carbocycles. The molecule has 0 unspecified atom stereocenters. The number of fused-ring (bicyclic) bond motifs is 1. The number of aromatic nitrogens is 2. The van der Waals surface area contributed by atoms with Crippen LogP contribution in [0.15, 0.2) is 12.1 Å². The minimum absolute atomic E-state index is 0.198. The van der Waals surface area contributed by atoms with E-state index in [4.69, 9.17) is 11.6 Å². The van der Waals surface area contributed by atoms with Crippen molar-refractivity contribution in [2.45, 2.75) is 45.0 Å². The monoisotopic (exact) mass is 280 g/mol. The van der Waals surface area contributed by atoms with Gasteiger partial charge in [0.1, 0.15) is 11.6 Å². The summed E-state index contributed by atoms with van der Waals surface area (Å²) in [7, 11) is 0. The van der Waals surface area contributed by atoms with Crippen molar-refractivity contribution in [2.75, 3.05) is 0 Å². The first-order chi connectivity index (χ1) is 9.19. The average molecular weight is 281 g/mol. The van der Waals surface area contributed by atoms with Crippen molar-refractivity contribution >= 4 is 22.6 Å². The van der Waals surface area contributed by atoms with Crippen LogP contribution in [0, 0.1) is 18.7 Å². The lowest BCUT2D eigenvalue weighted by Crippen LogP contribution is -2.03. The van der Waals surface area contributed by atoms with E-state index in [1.165, 1.54) is 25.3 Å². The normalized spacial score (nSPS) is 15.3. The zero-order valence-corrected chi connectivity index (χ0v) is 11.9. The first-order valence-electron chi connectivity index (χ1n) is 6.90. The van der Waals surface area contributed by atoms with Gasteiger partial charge in [-0.25, -0.2) is 9.37 Å². The molecule has 19 heavy (non-hydrogen) atoms. The van der Waals surface area contributed by atoms with E-state index in [2.05, 4.69) is 9.55 Å². The minimum atomic E-state index is -0.198. The quantitative estimate of drug-likeness (QED) is 0.742. The maximum absolute atomic E-state index is 13.6. The predicted octanol–water partition coefficient (Wildman–Crippen LogP) is 4.41. The molecule has 4 heteroatoms. The van der Waals surface area contributed by atoms with E-state index >= 15 is 0 Å². The van der Waals surface area contributed by atoms with Crippen LogP contribution in [-0.2, 0) is 12.4 Å². The minimum Gasteiger partial charge on any atom is -0.327 e. The molecule has 1 saturated carbocycles. The lowest BCUT2D eigenvalue weighted by atomic mass is 10.2. The number of rotatable bonds is 5. The summed E-state index contributed by atoms with van der Waals surface area (Å²) in [5.41, 5.74) is 2.38. The third kappa shape index (κ3) is 2.62. The number of alkyl halides is 1. The van der Waals surface area contributed by atoms with E-state index in [1.807, 2.05) is 6.07 Å². The van der Waals surface area contributed by atoms with Crippen LogP contribution in [0.5, 0.6) is 0 Å². The first kappa shape index (κ1) is 12.9. The Kier molecular flexibility index (Phi) is 3.48. The molecular weight excluding hydrogens is 263 g/mol. The first-order valence-corrected chi connectivity index (χ1v) is 7.43. The molecule has 1 aromatic carbocycles. The molecule has 0 aliphatic heterocycles. The number of hydrogen-bond donors (Lipinski definition) is 0. The summed E-state index contributed by atoms with van der Waals surface area (Å²) in [6, 6.07) is 3.39. The summed E-state index contributed by atoms with van der Waals surface area (Å²) in [4.78, 5) is 4.44. The molecule has 0 atom stereocenters. The smallest absolute Gasteiger partial charge is 0.128 e. The number of aryl methyl sites for hydroxylation is 2. The molecule has 0 bridgehead atoms. The molecule has 1 aliphatic rings. The van der Waals surface area contributed by atoms with Crippen molar-refractivity contribution in [3.8, 4) is 0 Å². The summed E-state index contributed by atoms with van der Waals surface area (Å²) >= 11 is 5.96. The zero-order valence-electron chi connectivity index (χ0n) is 11.1. The second kappa shape index (κ2) is 5.12. The van der Waals surface area contributed by atoms with Crippen molar-refractivity contribution in [3.63, 3.8) is 0 Å². The molecule has 0 amide bonds. The Labute approximate surface area is 117 Å². The number of nitrogens with zero attached hydrogens (tertiary/aromatic N) is 2. The van der Waals surface area contributed by atoms with Gasteiger partial charge in [0.15, 0.2) is 0 Å². The molecule has 0 saturated heterocycles. The Hall–Kier alpha value is -1.09. The van der Waals surface area contributed by atoms with Crippen LogP contribution >= 0.6 is 11.6 Å². The third-order valence-corrected chi connectivity index (χ3v) is 4.16. The van der Waals surface area contributed by atoms with Gasteiger partial charge in [0.05, 0.1) is 16.9 Å². The molecule has 1 heterocycles. The van der Waals surface area contributed by atoms with Crippen LogP contribution in [0.2, 0.25) is 0 Å². The lowest BCUT2D eigenvalue weighted by molar-refractivity contribution is 0.575. The maximum Gasteiger partial charge on any atom is 0.128 e. The summed E-state index contributed by atoms with van der Waals surface area (Å²) in [5.74, 6) is 1.96. The molecule has 1 aromatic heterocycles. The SMILES string of the molecule is Cc1cc2c(cc1F)nc(CCl)n2CCCC1CC1. The van der Waals surface area contributed by atoms with Crippen LogP contribution in [0.25, 0.3) is 11.0 Å². The highest BCUT2D eigenvalue weighted by Gasteiger charge is 2.20. The summed E-state index contributed by atoms with van der Waals surface area (Å²) in [5, 5.41) is 0. The van der Waals surface area contributed by atoms with Crippen LogP contribution in [0.1, 0.15) is 37.1 Å². The standard InChI is InChI=1S/C15H18ClFN2/c1-10-7-14-13(8-12(10)17)18-15(9-16)19(14)6-2-3-11-4-5-11/h7-8,11H,2-6,9H2,1H3. The van der Waals surface area contributed by atoms with Crippen LogP contribution in [-0.4, -0.2) is 9.55 Å². The predicted molar refractivity (Wildman–Crippen MR) is 75.9 cm³/mol. The Morgan fingerprint density at radius 3 is 2.89 bits per heavy atom. The molecule has 0 N–H and O–H groups in total. The van der Waals surface area contributed by atoms with Crippen LogP contribution in [0.3, 0.4) is 0 Å². The van der Waals surface area contributed by atoms with Gasteiger partial charge in [-0.05, 0) is 37.3 Å². The van der Waals surface area contributed by atoms with Gasteiger partial charge in [0.2, 0.25) is 0 Å². The van der Waals surface area contributed by atoms with E-state index in [1.54, 1.807) is 6.92 Å².